The van der Waals surface area contributed by atoms with E-state index in [0.717, 1.165) is 0 Å². The van der Waals surface area contributed by atoms with Gasteiger partial charge in [0.25, 0.3) is 0 Å². The summed E-state index contributed by atoms with van der Waals surface area (Å²) < 4.78 is 36.5. The number of carboxylic acid groups (broad SMARTS) is 1. The number of piperazine rings is 1. The van der Waals surface area contributed by atoms with Crippen LogP contribution in [-0.4, -0.2) is 42.8 Å². The standard InChI is InChI=1S/C6H9F3N2O2/c7-6(8,9)4-3-10-1-2-11(4)5(12)13/h4,10H,1-3H2,(H,12,13)/p-1. The first-order valence-electron chi connectivity index (χ1n) is 3.68. The van der Waals surface area contributed by atoms with E-state index < -0.39 is 24.9 Å². The molecule has 1 N–H and O–H groups in total. The maximum absolute atomic E-state index is 12.2. The Morgan fingerprint density at radius 1 is 1.54 bits per heavy atom. The fourth-order valence-electron chi connectivity index (χ4n) is 1.22. The molecule has 0 aliphatic carbocycles. The second kappa shape index (κ2) is 3.41. The molecular weight excluding hydrogens is 189 g/mol. The summed E-state index contributed by atoms with van der Waals surface area (Å²) in [6, 6.07) is -1.98. The number of carbonyl (C=O) groups excluding carboxylic acids is 1. The molecule has 0 aromatic heterocycles. The van der Waals surface area contributed by atoms with Crippen molar-refractivity contribution < 1.29 is 23.1 Å². The zero-order valence-corrected chi connectivity index (χ0v) is 6.60. The van der Waals surface area contributed by atoms with Crippen LogP contribution in [0.2, 0.25) is 0 Å². The van der Waals surface area contributed by atoms with Crippen LogP contribution in [0, 0.1) is 0 Å². The average Bonchev–Trinajstić information content (AvgIpc) is 2.03. The molecule has 1 amide bonds. The van der Waals surface area contributed by atoms with Crippen LogP contribution in [-0.2, 0) is 0 Å². The van der Waals surface area contributed by atoms with Crippen LogP contribution in [0.15, 0.2) is 0 Å². The molecule has 0 spiro atoms. The lowest BCUT2D eigenvalue weighted by Gasteiger charge is -2.38. The van der Waals surface area contributed by atoms with E-state index in [1.54, 1.807) is 0 Å². The van der Waals surface area contributed by atoms with Gasteiger partial charge in [-0.15, -0.1) is 0 Å². The number of nitrogens with one attached hydrogen (secondary N) is 1. The second-order valence-electron chi connectivity index (χ2n) is 2.72. The summed E-state index contributed by atoms with van der Waals surface area (Å²) in [5.41, 5.74) is 0. The molecule has 0 saturated carbocycles. The molecule has 0 aromatic rings. The molecular formula is C6H8F3N2O2-. The van der Waals surface area contributed by atoms with Gasteiger partial charge in [0, 0.05) is 19.6 Å². The Morgan fingerprint density at radius 2 is 2.15 bits per heavy atom. The van der Waals surface area contributed by atoms with E-state index in [1.165, 1.54) is 0 Å². The maximum atomic E-state index is 12.2. The molecule has 13 heavy (non-hydrogen) atoms. The van der Waals surface area contributed by atoms with Crippen LogP contribution in [0.4, 0.5) is 18.0 Å². The topological polar surface area (TPSA) is 55.4 Å². The predicted molar refractivity (Wildman–Crippen MR) is 34.8 cm³/mol. The lowest BCUT2D eigenvalue weighted by atomic mass is 10.2. The number of rotatable bonds is 0. The lowest BCUT2D eigenvalue weighted by Crippen LogP contribution is -2.62. The Morgan fingerprint density at radius 3 is 2.54 bits per heavy atom. The van der Waals surface area contributed by atoms with Crippen LogP contribution in [0.25, 0.3) is 0 Å². The minimum atomic E-state index is -4.53. The molecule has 1 unspecified atom stereocenters. The molecule has 1 fully saturated rings. The van der Waals surface area contributed by atoms with Gasteiger partial charge in [-0.05, 0) is 0 Å². The van der Waals surface area contributed by atoms with Crippen molar-refractivity contribution in [2.24, 2.45) is 0 Å². The molecule has 4 nitrogen and oxygen atoms in total. The number of halogens is 3. The highest BCUT2D eigenvalue weighted by atomic mass is 19.4. The van der Waals surface area contributed by atoms with Crippen molar-refractivity contribution in [2.45, 2.75) is 12.2 Å². The lowest BCUT2D eigenvalue weighted by molar-refractivity contribution is -0.280. The van der Waals surface area contributed by atoms with Gasteiger partial charge in [0.2, 0.25) is 0 Å². The van der Waals surface area contributed by atoms with Gasteiger partial charge < -0.3 is 20.1 Å². The summed E-state index contributed by atoms with van der Waals surface area (Å²) in [5, 5.41) is 12.8. The monoisotopic (exact) mass is 197 g/mol. The molecule has 1 aliphatic rings. The summed E-state index contributed by atoms with van der Waals surface area (Å²) in [6.07, 6.45) is -6.31. The van der Waals surface area contributed by atoms with E-state index in [1.807, 2.05) is 0 Å². The van der Waals surface area contributed by atoms with Gasteiger partial charge >= 0.3 is 6.18 Å². The summed E-state index contributed by atoms with van der Waals surface area (Å²) >= 11 is 0. The van der Waals surface area contributed by atoms with Crippen molar-refractivity contribution in [1.82, 2.24) is 10.2 Å². The average molecular weight is 197 g/mol. The van der Waals surface area contributed by atoms with Crippen LogP contribution in [0.1, 0.15) is 0 Å². The minimum absolute atomic E-state index is 0.188. The zero-order chi connectivity index (χ0) is 10.1. The third-order valence-electron chi connectivity index (χ3n) is 1.86. The van der Waals surface area contributed by atoms with Crippen molar-refractivity contribution in [2.75, 3.05) is 19.6 Å². The molecule has 0 aromatic carbocycles. The van der Waals surface area contributed by atoms with Crippen molar-refractivity contribution >= 4 is 6.09 Å². The van der Waals surface area contributed by atoms with E-state index in [-0.39, 0.29) is 13.1 Å². The summed E-state index contributed by atoms with van der Waals surface area (Å²) in [6.45, 7) is -0.370. The van der Waals surface area contributed by atoms with Crippen LogP contribution >= 0.6 is 0 Å². The molecule has 0 radical (unpaired) electrons. The Bertz CT molecular complexity index is 207. The number of alkyl halides is 3. The molecule has 1 aliphatic heterocycles. The maximum Gasteiger partial charge on any atom is 0.410 e. The van der Waals surface area contributed by atoms with Gasteiger partial charge in [0.15, 0.2) is 0 Å². The largest absolute Gasteiger partial charge is 0.530 e. The Balaban J connectivity index is 2.73. The number of amides is 1. The first-order valence-corrected chi connectivity index (χ1v) is 3.68. The molecule has 7 heteroatoms. The van der Waals surface area contributed by atoms with Crippen molar-refractivity contribution in [1.29, 1.82) is 0 Å². The Kier molecular flexibility index (Phi) is 2.65. The number of hydrogen-bond acceptors (Lipinski definition) is 3. The van der Waals surface area contributed by atoms with Crippen molar-refractivity contribution in [3.8, 4) is 0 Å². The van der Waals surface area contributed by atoms with E-state index >= 15 is 0 Å². The second-order valence-corrected chi connectivity index (χ2v) is 2.72. The summed E-state index contributed by atoms with van der Waals surface area (Å²) in [5.74, 6) is 0. The highest BCUT2D eigenvalue weighted by Crippen LogP contribution is 2.25. The number of nitrogens with zero attached hydrogens (tertiary/aromatic N) is 1. The quantitative estimate of drug-likeness (QED) is 0.551. The smallest absolute Gasteiger partial charge is 0.410 e. The van der Waals surface area contributed by atoms with E-state index in [0.29, 0.717) is 4.90 Å². The molecule has 1 atom stereocenters. The first kappa shape index (κ1) is 10.1. The molecule has 1 heterocycles. The van der Waals surface area contributed by atoms with E-state index in [2.05, 4.69) is 5.32 Å². The third-order valence-corrected chi connectivity index (χ3v) is 1.86. The van der Waals surface area contributed by atoms with Crippen LogP contribution in [0.3, 0.4) is 0 Å². The van der Waals surface area contributed by atoms with Gasteiger partial charge in [0.05, 0.1) is 0 Å². The number of carbonyl (C=O) groups is 1. The molecule has 1 rings (SSSR count). The molecule has 76 valence electrons. The van der Waals surface area contributed by atoms with E-state index in [4.69, 9.17) is 0 Å². The highest BCUT2D eigenvalue weighted by Gasteiger charge is 2.44. The van der Waals surface area contributed by atoms with Gasteiger partial charge in [-0.2, -0.15) is 13.2 Å². The van der Waals surface area contributed by atoms with E-state index in [9.17, 15) is 23.1 Å². The van der Waals surface area contributed by atoms with Crippen LogP contribution < -0.4 is 10.4 Å². The molecule has 1 saturated heterocycles. The van der Waals surface area contributed by atoms with Crippen molar-refractivity contribution in [3.05, 3.63) is 0 Å². The van der Waals surface area contributed by atoms with Gasteiger partial charge in [-0.25, -0.2) is 0 Å². The Hall–Kier alpha value is -0.980. The third kappa shape index (κ3) is 2.24. The predicted octanol–water partition coefficient (Wildman–Crippen LogP) is -0.834. The minimum Gasteiger partial charge on any atom is -0.530 e. The fourth-order valence-corrected chi connectivity index (χ4v) is 1.22. The highest BCUT2D eigenvalue weighted by molar-refractivity contribution is 5.63. The SMILES string of the molecule is O=C([O-])N1CCNCC1C(F)(F)F. The first-order chi connectivity index (χ1) is 5.93. The Labute approximate surface area is 72.3 Å². The van der Waals surface area contributed by atoms with Crippen molar-refractivity contribution in [3.63, 3.8) is 0 Å². The summed E-state index contributed by atoms with van der Waals surface area (Å²) in [4.78, 5) is 10.6. The number of hydrogen-bond donors (Lipinski definition) is 1. The van der Waals surface area contributed by atoms with Gasteiger partial charge in [-0.1, -0.05) is 0 Å². The van der Waals surface area contributed by atoms with Gasteiger partial charge in [-0.3, -0.25) is 0 Å². The molecule has 0 bridgehead atoms. The van der Waals surface area contributed by atoms with Gasteiger partial charge in [0.1, 0.15) is 12.1 Å². The summed E-state index contributed by atoms with van der Waals surface area (Å²) in [7, 11) is 0. The fraction of sp³-hybridized carbons (Fsp3) is 0.833. The van der Waals surface area contributed by atoms with Crippen LogP contribution in [0.5, 0.6) is 0 Å². The normalized spacial score (nSPS) is 24.5. The zero-order valence-electron chi connectivity index (χ0n) is 6.60.